The molecule has 2 aliphatic rings. The third-order valence-corrected chi connectivity index (χ3v) is 3.84. The summed E-state index contributed by atoms with van der Waals surface area (Å²) >= 11 is 0. The molecular weight excluding hydrogens is 194 g/mol. The van der Waals surface area contributed by atoms with Crippen molar-refractivity contribution >= 4 is 0 Å². The summed E-state index contributed by atoms with van der Waals surface area (Å²) in [4.78, 5) is 0. The summed E-state index contributed by atoms with van der Waals surface area (Å²) in [6, 6.07) is 0. The summed E-state index contributed by atoms with van der Waals surface area (Å²) in [5, 5.41) is 0. The van der Waals surface area contributed by atoms with E-state index in [-0.39, 0.29) is 5.54 Å². The van der Waals surface area contributed by atoms with Gasteiger partial charge in [0.25, 0.3) is 0 Å². The fraction of sp³-hybridized carbons (Fsp3) is 0.600. The second-order valence-electron chi connectivity index (χ2n) is 6.25. The minimum Gasteiger partial charge on any atom is -0.319 e. The summed E-state index contributed by atoms with van der Waals surface area (Å²) in [7, 11) is 0. The van der Waals surface area contributed by atoms with Gasteiger partial charge in [0.05, 0.1) is 5.54 Å². The normalized spacial score (nSPS) is 27.2. The first kappa shape index (κ1) is 11.7. The number of allylic oxidation sites excluding steroid dienone is 4. The monoisotopic (exact) mass is 217 g/mol. The molecule has 0 heterocycles. The van der Waals surface area contributed by atoms with Crippen LogP contribution in [0.3, 0.4) is 0 Å². The van der Waals surface area contributed by atoms with Gasteiger partial charge in [0.2, 0.25) is 0 Å². The topological polar surface area (TPSA) is 26.0 Å². The van der Waals surface area contributed by atoms with Gasteiger partial charge in [-0.15, -0.1) is 0 Å². The lowest BCUT2D eigenvalue weighted by atomic mass is 9.84. The van der Waals surface area contributed by atoms with Gasteiger partial charge in [-0.2, -0.15) is 0 Å². The molecule has 0 spiro atoms. The van der Waals surface area contributed by atoms with Gasteiger partial charge in [-0.05, 0) is 49.2 Å². The molecule has 0 unspecified atom stereocenters. The largest absolute Gasteiger partial charge is 0.319 e. The first-order valence-corrected chi connectivity index (χ1v) is 6.27. The average molecular weight is 217 g/mol. The minimum absolute atomic E-state index is 0.276. The van der Waals surface area contributed by atoms with Gasteiger partial charge >= 0.3 is 0 Å². The lowest BCUT2D eigenvalue weighted by Gasteiger charge is -2.22. The second kappa shape index (κ2) is 3.89. The van der Waals surface area contributed by atoms with Crippen molar-refractivity contribution in [1.82, 2.24) is 0 Å². The molecule has 88 valence electrons. The minimum atomic E-state index is -0.276. The Morgan fingerprint density at radius 1 is 0.938 bits per heavy atom. The molecule has 0 amide bonds. The lowest BCUT2D eigenvalue weighted by Crippen LogP contribution is -2.30. The Morgan fingerprint density at radius 2 is 1.38 bits per heavy atom. The van der Waals surface area contributed by atoms with Crippen molar-refractivity contribution in [2.75, 3.05) is 0 Å². The molecule has 16 heavy (non-hydrogen) atoms. The van der Waals surface area contributed by atoms with Crippen LogP contribution in [0.25, 0.3) is 0 Å². The SMILES string of the molecule is CC1(N)C=CC2=C(C=C1)CCC(C)(C)CC2. The van der Waals surface area contributed by atoms with Crippen molar-refractivity contribution in [2.24, 2.45) is 11.1 Å². The van der Waals surface area contributed by atoms with E-state index >= 15 is 0 Å². The van der Waals surface area contributed by atoms with Crippen molar-refractivity contribution in [3.8, 4) is 0 Å². The van der Waals surface area contributed by atoms with E-state index in [9.17, 15) is 0 Å². The molecule has 0 aromatic rings. The van der Waals surface area contributed by atoms with Crippen molar-refractivity contribution in [3.63, 3.8) is 0 Å². The second-order valence-corrected chi connectivity index (χ2v) is 6.25. The first-order valence-electron chi connectivity index (χ1n) is 6.27. The van der Waals surface area contributed by atoms with Crippen molar-refractivity contribution in [1.29, 1.82) is 0 Å². The summed E-state index contributed by atoms with van der Waals surface area (Å²) in [5.41, 5.74) is 9.33. The van der Waals surface area contributed by atoms with E-state index in [1.165, 1.54) is 36.8 Å². The van der Waals surface area contributed by atoms with E-state index in [2.05, 4.69) is 45.1 Å². The molecule has 2 aliphatic carbocycles. The fourth-order valence-electron chi connectivity index (χ4n) is 2.39. The lowest BCUT2D eigenvalue weighted by molar-refractivity contribution is 0.317. The highest BCUT2D eigenvalue weighted by Gasteiger charge is 2.24. The van der Waals surface area contributed by atoms with Crippen LogP contribution in [0.5, 0.6) is 0 Å². The zero-order valence-corrected chi connectivity index (χ0v) is 10.7. The van der Waals surface area contributed by atoms with Gasteiger partial charge in [-0.25, -0.2) is 0 Å². The molecular formula is C15H23N. The maximum absolute atomic E-state index is 6.12. The maximum atomic E-state index is 6.12. The van der Waals surface area contributed by atoms with Crippen LogP contribution in [0.1, 0.15) is 46.5 Å². The van der Waals surface area contributed by atoms with Crippen LogP contribution in [-0.2, 0) is 0 Å². The molecule has 0 atom stereocenters. The third-order valence-electron chi connectivity index (χ3n) is 3.84. The Bertz CT molecular complexity index is 335. The van der Waals surface area contributed by atoms with Gasteiger partial charge in [-0.1, -0.05) is 38.2 Å². The summed E-state index contributed by atoms with van der Waals surface area (Å²) in [5.74, 6) is 0. The van der Waals surface area contributed by atoms with Gasteiger partial charge in [-0.3, -0.25) is 0 Å². The molecule has 1 heteroatoms. The average Bonchev–Trinajstić information content (AvgIpc) is 2.40. The van der Waals surface area contributed by atoms with Crippen molar-refractivity contribution in [3.05, 3.63) is 35.5 Å². The number of hydrogen-bond acceptors (Lipinski definition) is 1. The first-order chi connectivity index (χ1) is 7.38. The molecule has 0 bridgehead atoms. The van der Waals surface area contributed by atoms with Crippen LogP contribution in [0, 0.1) is 5.41 Å². The molecule has 0 aromatic heterocycles. The molecule has 0 radical (unpaired) electrons. The third kappa shape index (κ3) is 2.65. The van der Waals surface area contributed by atoms with Crippen LogP contribution in [0.4, 0.5) is 0 Å². The summed E-state index contributed by atoms with van der Waals surface area (Å²) < 4.78 is 0. The Labute approximate surface area is 99.1 Å². The van der Waals surface area contributed by atoms with Gasteiger partial charge in [0, 0.05) is 0 Å². The van der Waals surface area contributed by atoms with Crippen LogP contribution in [0.2, 0.25) is 0 Å². The van der Waals surface area contributed by atoms with Gasteiger partial charge in [0.1, 0.15) is 0 Å². The van der Waals surface area contributed by atoms with E-state index in [0.717, 1.165) is 0 Å². The molecule has 0 saturated carbocycles. The Balaban J connectivity index is 2.24. The number of hydrogen-bond donors (Lipinski definition) is 1. The van der Waals surface area contributed by atoms with Crippen molar-refractivity contribution < 1.29 is 0 Å². The van der Waals surface area contributed by atoms with E-state index in [1.807, 2.05) is 0 Å². The van der Waals surface area contributed by atoms with E-state index < -0.39 is 0 Å². The molecule has 0 aromatic carbocycles. The predicted octanol–water partition coefficient (Wildman–Crippen LogP) is 3.73. The van der Waals surface area contributed by atoms with Crippen LogP contribution >= 0.6 is 0 Å². The molecule has 2 N–H and O–H groups in total. The number of rotatable bonds is 0. The molecule has 0 fully saturated rings. The molecule has 0 saturated heterocycles. The Kier molecular flexibility index (Phi) is 2.83. The van der Waals surface area contributed by atoms with E-state index in [0.29, 0.717) is 5.41 Å². The Hall–Kier alpha value is -0.820. The molecule has 1 nitrogen and oxygen atoms in total. The smallest absolute Gasteiger partial charge is 0.0502 e. The highest BCUT2D eigenvalue weighted by Crippen LogP contribution is 2.38. The van der Waals surface area contributed by atoms with Crippen LogP contribution < -0.4 is 5.73 Å². The summed E-state index contributed by atoms with van der Waals surface area (Å²) in [6.45, 7) is 6.80. The predicted molar refractivity (Wildman–Crippen MR) is 70.1 cm³/mol. The Morgan fingerprint density at radius 3 is 1.81 bits per heavy atom. The summed E-state index contributed by atoms with van der Waals surface area (Å²) in [6.07, 6.45) is 13.7. The molecule has 0 aliphatic heterocycles. The van der Waals surface area contributed by atoms with Crippen LogP contribution in [-0.4, -0.2) is 5.54 Å². The highest BCUT2D eigenvalue weighted by molar-refractivity contribution is 5.40. The van der Waals surface area contributed by atoms with E-state index in [4.69, 9.17) is 5.73 Å². The van der Waals surface area contributed by atoms with Gasteiger partial charge in [0.15, 0.2) is 0 Å². The highest BCUT2D eigenvalue weighted by atomic mass is 14.7. The zero-order valence-electron chi connectivity index (χ0n) is 10.7. The van der Waals surface area contributed by atoms with Crippen LogP contribution in [0.15, 0.2) is 35.5 Å². The fourth-order valence-corrected chi connectivity index (χ4v) is 2.39. The molecule has 2 rings (SSSR count). The van der Waals surface area contributed by atoms with Crippen molar-refractivity contribution in [2.45, 2.75) is 52.0 Å². The number of nitrogens with two attached hydrogens (primary N) is 1. The van der Waals surface area contributed by atoms with E-state index in [1.54, 1.807) is 0 Å². The quantitative estimate of drug-likeness (QED) is 0.657. The van der Waals surface area contributed by atoms with Gasteiger partial charge < -0.3 is 5.73 Å². The standard InChI is InChI=1S/C15H23N/c1-14(2)8-4-12-6-10-15(3,16)11-7-13(12)5-9-14/h6-7,10-11H,4-5,8-9,16H2,1-3H3. The maximum Gasteiger partial charge on any atom is 0.0502 e. The zero-order chi connectivity index (χ0) is 11.8.